The van der Waals surface area contributed by atoms with Crippen LogP contribution in [-0.4, -0.2) is 24.6 Å². The van der Waals surface area contributed by atoms with Crippen LogP contribution < -0.4 is 15.1 Å². The largest absolute Gasteiger partial charge is 0.497 e. The molecule has 5 heteroatoms. The second-order valence-electron chi connectivity index (χ2n) is 6.71. The number of anilines is 1. The van der Waals surface area contributed by atoms with Crippen molar-refractivity contribution >= 4 is 22.5 Å². The maximum atomic E-state index is 13.0. The van der Waals surface area contributed by atoms with Gasteiger partial charge in [-0.15, -0.1) is 0 Å². The fourth-order valence-electron chi connectivity index (χ4n) is 3.67. The van der Waals surface area contributed by atoms with Gasteiger partial charge < -0.3 is 14.2 Å². The summed E-state index contributed by atoms with van der Waals surface area (Å²) in [4.78, 5) is 27.5. The van der Waals surface area contributed by atoms with E-state index in [9.17, 15) is 9.59 Å². The Labute approximate surface area is 151 Å². The van der Waals surface area contributed by atoms with Crippen LogP contribution >= 0.6 is 0 Å². The second kappa shape index (κ2) is 6.02. The lowest BCUT2D eigenvalue weighted by Crippen LogP contribution is -2.31. The molecule has 1 aliphatic rings. The van der Waals surface area contributed by atoms with Crippen molar-refractivity contribution < 1.29 is 9.53 Å². The number of carbonyl (C=O) groups excluding carboxylic acids is 1. The van der Waals surface area contributed by atoms with Crippen LogP contribution in [0, 0.1) is 0 Å². The molecule has 0 saturated heterocycles. The Morgan fingerprint density at radius 1 is 1.19 bits per heavy atom. The molecule has 1 aromatic heterocycles. The van der Waals surface area contributed by atoms with Crippen LogP contribution in [0.5, 0.6) is 5.75 Å². The third-order valence-electron chi connectivity index (χ3n) is 5.12. The minimum Gasteiger partial charge on any atom is -0.497 e. The molecule has 0 aliphatic carbocycles. The second-order valence-corrected chi connectivity index (χ2v) is 6.71. The molecule has 2 aromatic carbocycles. The molecule has 0 unspecified atom stereocenters. The highest BCUT2D eigenvalue weighted by molar-refractivity contribution is 6.07. The van der Waals surface area contributed by atoms with E-state index in [-0.39, 0.29) is 22.9 Å². The number of methoxy groups -OCH3 is 1. The van der Waals surface area contributed by atoms with Crippen LogP contribution in [0.3, 0.4) is 0 Å². The third-order valence-corrected chi connectivity index (χ3v) is 5.12. The molecular weight excluding hydrogens is 328 g/mol. The van der Waals surface area contributed by atoms with E-state index in [2.05, 4.69) is 11.5 Å². The van der Waals surface area contributed by atoms with Crippen LogP contribution in [0.25, 0.3) is 10.9 Å². The van der Waals surface area contributed by atoms with Crippen LogP contribution in [0.2, 0.25) is 0 Å². The number of para-hydroxylation sites is 1. The first-order valence-corrected chi connectivity index (χ1v) is 8.60. The van der Waals surface area contributed by atoms with E-state index in [4.69, 9.17) is 4.74 Å². The van der Waals surface area contributed by atoms with Crippen molar-refractivity contribution in [3.63, 3.8) is 0 Å². The van der Waals surface area contributed by atoms with Gasteiger partial charge in [0.1, 0.15) is 11.3 Å². The third kappa shape index (κ3) is 2.39. The van der Waals surface area contributed by atoms with Crippen LogP contribution in [0.1, 0.15) is 28.9 Å². The van der Waals surface area contributed by atoms with Gasteiger partial charge in [-0.1, -0.05) is 12.1 Å². The summed E-state index contributed by atoms with van der Waals surface area (Å²) in [6.45, 7) is 2.10. The number of carbonyl (C=O) groups is 1. The van der Waals surface area contributed by atoms with Gasteiger partial charge >= 0.3 is 0 Å². The van der Waals surface area contributed by atoms with Crippen molar-refractivity contribution in [2.45, 2.75) is 19.4 Å². The summed E-state index contributed by atoms with van der Waals surface area (Å²) in [6.07, 6.45) is 2.59. The normalized spacial score (nSPS) is 15.3. The minimum atomic E-state index is -0.310. The van der Waals surface area contributed by atoms with Crippen LogP contribution in [-0.2, 0) is 6.42 Å². The monoisotopic (exact) mass is 348 g/mol. The van der Waals surface area contributed by atoms with E-state index in [1.807, 2.05) is 12.1 Å². The molecule has 2 heterocycles. The highest BCUT2D eigenvalue weighted by Crippen LogP contribution is 2.31. The van der Waals surface area contributed by atoms with Crippen molar-refractivity contribution in [1.29, 1.82) is 0 Å². The minimum absolute atomic E-state index is 0.196. The molecular formula is C21H20N2O3. The molecule has 4 rings (SSSR count). The lowest BCUT2D eigenvalue weighted by molar-refractivity contribution is 0.0991. The molecule has 0 bridgehead atoms. The van der Waals surface area contributed by atoms with Crippen molar-refractivity contribution in [3.8, 4) is 5.75 Å². The van der Waals surface area contributed by atoms with Gasteiger partial charge in [0.25, 0.3) is 5.91 Å². The molecule has 1 amide bonds. The van der Waals surface area contributed by atoms with Crippen LogP contribution in [0.4, 0.5) is 5.69 Å². The first-order chi connectivity index (χ1) is 12.5. The number of rotatable bonds is 3. The van der Waals surface area contributed by atoms with E-state index >= 15 is 0 Å². The molecule has 1 atom stereocenters. The SMILES string of the molecule is COc1ccc(N(C)C(=O)c2cn3c4c(cccc4c2=O)C[C@H]3C)cc1. The molecule has 3 aromatic rings. The number of amides is 1. The fraction of sp³-hybridized carbons (Fsp3) is 0.238. The van der Waals surface area contributed by atoms with Gasteiger partial charge in [-0.25, -0.2) is 0 Å². The van der Waals surface area contributed by atoms with Gasteiger partial charge in [-0.2, -0.15) is 0 Å². The molecule has 5 nitrogen and oxygen atoms in total. The van der Waals surface area contributed by atoms with Gasteiger partial charge in [0.05, 0.1) is 12.6 Å². The number of nitrogens with zero attached hydrogens (tertiary/aromatic N) is 2. The number of pyridine rings is 1. The van der Waals surface area contributed by atoms with Crippen LogP contribution in [0.15, 0.2) is 53.5 Å². The van der Waals surface area contributed by atoms with E-state index in [1.54, 1.807) is 50.7 Å². The highest BCUT2D eigenvalue weighted by Gasteiger charge is 2.25. The average molecular weight is 348 g/mol. The first-order valence-electron chi connectivity index (χ1n) is 8.60. The first kappa shape index (κ1) is 16.4. The number of ether oxygens (including phenoxy) is 1. The maximum absolute atomic E-state index is 13.0. The summed E-state index contributed by atoms with van der Waals surface area (Å²) in [5.74, 6) is 0.408. The maximum Gasteiger partial charge on any atom is 0.263 e. The summed E-state index contributed by atoms with van der Waals surface area (Å²) in [5, 5.41) is 0.612. The Kier molecular flexibility index (Phi) is 3.80. The number of benzene rings is 2. The highest BCUT2D eigenvalue weighted by atomic mass is 16.5. The van der Waals surface area contributed by atoms with Crippen molar-refractivity contribution in [1.82, 2.24) is 4.57 Å². The van der Waals surface area contributed by atoms with E-state index in [0.29, 0.717) is 11.1 Å². The zero-order chi connectivity index (χ0) is 18.4. The summed E-state index contributed by atoms with van der Waals surface area (Å²) in [5.41, 5.74) is 2.81. The number of hydrogen-bond donors (Lipinski definition) is 0. The lowest BCUT2D eigenvalue weighted by Gasteiger charge is -2.19. The van der Waals surface area contributed by atoms with Gasteiger partial charge in [-0.05, 0) is 49.2 Å². The summed E-state index contributed by atoms with van der Waals surface area (Å²) in [6, 6.07) is 13.2. The standard InChI is InChI=1S/C21H20N2O3/c1-13-11-14-5-4-6-17-19(14)23(13)12-18(20(17)24)21(25)22(2)15-7-9-16(26-3)10-8-15/h4-10,12-13H,11H2,1-3H3/t13-/m1/s1. The Morgan fingerprint density at radius 2 is 1.92 bits per heavy atom. The van der Waals surface area contributed by atoms with Crippen molar-refractivity contribution in [2.75, 3.05) is 19.1 Å². The predicted molar refractivity (Wildman–Crippen MR) is 102 cm³/mol. The van der Waals surface area contributed by atoms with Gasteiger partial charge in [0.2, 0.25) is 5.43 Å². The Hall–Kier alpha value is -3.08. The predicted octanol–water partition coefficient (Wildman–Crippen LogP) is 3.40. The van der Waals surface area contributed by atoms with E-state index in [0.717, 1.165) is 23.3 Å². The zero-order valence-corrected chi connectivity index (χ0v) is 15.0. The molecule has 0 radical (unpaired) electrons. The fourth-order valence-corrected chi connectivity index (χ4v) is 3.67. The van der Waals surface area contributed by atoms with Crippen molar-refractivity contribution in [2.24, 2.45) is 0 Å². The molecule has 26 heavy (non-hydrogen) atoms. The van der Waals surface area contributed by atoms with Gasteiger partial charge in [0.15, 0.2) is 0 Å². The molecule has 0 saturated carbocycles. The summed E-state index contributed by atoms with van der Waals surface area (Å²) in [7, 11) is 3.27. The smallest absolute Gasteiger partial charge is 0.263 e. The van der Waals surface area contributed by atoms with Gasteiger partial charge in [0, 0.05) is 30.4 Å². The Morgan fingerprint density at radius 3 is 2.62 bits per heavy atom. The van der Waals surface area contributed by atoms with Gasteiger partial charge in [-0.3, -0.25) is 9.59 Å². The quantitative estimate of drug-likeness (QED) is 0.729. The summed E-state index contributed by atoms with van der Waals surface area (Å²) >= 11 is 0. The van der Waals surface area contributed by atoms with Crippen molar-refractivity contribution in [3.05, 3.63) is 70.0 Å². The molecule has 132 valence electrons. The summed E-state index contributed by atoms with van der Waals surface area (Å²) < 4.78 is 7.21. The molecule has 0 fully saturated rings. The average Bonchev–Trinajstić information content (AvgIpc) is 2.99. The number of hydrogen-bond acceptors (Lipinski definition) is 3. The topological polar surface area (TPSA) is 51.5 Å². The van der Waals surface area contributed by atoms with E-state index < -0.39 is 0 Å². The molecule has 0 spiro atoms. The zero-order valence-electron chi connectivity index (χ0n) is 15.0. The van der Waals surface area contributed by atoms with E-state index in [1.165, 1.54) is 4.90 Å². The molecule has 1 aliphatic heterocycles. The number of aromatic nitrogens is 1. The Balaban J connectivity index is 1.81. The Bertz CT molecular complexity index is 1070. The molecule has 0 N–H and O–H groups in total. The lowest BCUT2D eigenvalue weighted by atomic mass is 10.1.